The number of carbonyl (C=O) groups excluding carboxylic acids is 2. The first-order chi connectivity index (χ1) is 15.9. The minimum Gasteiger partial charge on any atom is -0.489 e. The lowest BCUT2D eigenvalue weighted by atomic mass is 10.2. The predicted molar refractivity (Wildman–Crippen MR) is 119 cm³/mol. The van der Waals surface area contributed by atoms with E-state index in [0.29, 0.717) is 17.0 Å². The minimum atomic E-state index is -0.603. The molecule has 9 nitrogen and oxygen atoms in total. The van der Waals surface area contributed by atoms with Gasteiger partial charge in [-0.05, 0) is 71.8 Å². The summed E-state index contributed by atoms with van der Waals surface area (Å²) in [5, 5.41) is 17.0. The van der Waals surface area contributed by atoms with Crippen molar-refractivity contribution in [1.29, 1.82) is 0 Å². The molecule has 2 amide bonds. The van der Waals surface area contributed by atoms with Crippen LogP contribution >= 0.6 is 0 Å². The zero-order chi connectivity index (χ0) is 23.6. The van der Waals surface area contributed by atoms with Crippen LogP contribution in [0, 0.1) is 15.9 Å². The van der Waals surface area contributed by atoms with Gasteiger partial charge in [-0.2, -0.15) is 5.10 Å². The van der Waals surface area contributed by atoms with Gasteiger partial charge in [0.1, 0.15) is 24.6 Å². The minimum absolute atomic E-state index is 0.0167. The second-order valence-corrected chi connectivity index (χ2v) is 6.81. The fourth-order valence-electron chi connectivity index (χ4n) is 2.63. The Kier molecular flexibility index (Phi) is 7.79. The average molecular weight is 450 g/mol. The summed E-state index contributed by atoms with van der Waals surface area (Å²) in [6.45, 7) is 0.251. The SMILES string of the molecule is O=C(CC(=O)Nc1ccc(F)cc1)NN=Cc1ccc(OCc2ccc([N+](=O)[O-])cc2)cc1. The number of nitrogens with one attached hydrogen (secondary N) is 2. The number of nitro benzene ring substituents is 1. The van der Waals surface area contributed by atoms with Crippen molar-refractivity contribution in [2.45, 2.75) is 13.0 Å². The number of halogens is 1. The number of benzene rings is 3. The predicted octanol–water partition coefficient (Wildman–Crippen LogP) is 3.79. The molecule has 2 N–H and O–H groups in total. The first kappa shape index (κ1) is 23.1. The third-order valence-electron chi connectivity index (χ3n) is 4.28. The van der Waals surface area contributed by atoms with Crippen LogP contribution in [0.4, 0.5) is 15.8 Å². The van der Waals surface area contributed by atoms with Crippen LogP contribution in [0.15, 0.2) is 77.9 Å². The molecule has 0 aliphatic rings. The number of nitro groups is 1. The summed E-state index contributed by atoms with van der Waals surface area (Å²) in [5.74, 6) is -0.992. The van der Waals surface area contributed by atoms with Crippen LogP contribution in [-0.2, 0) is 16.2 Å². The van der Waals surface area contributed by atoms with E-state index in [1.165, 1.54) is 42.6 Å². The highest BCUT2D eigenvalue weighted by molar-refractivity contribution is 6.03. The van der Waals surface area contributed by atoms with E-state index < -0.39 is 29.0 Å². The van der Waals surface area contributed by atoms with Gasteiger partial charge in [-0.15, -0.1) is 0 Å². The molecule has 0 aromatic heterocycles. The van der Waals surface area contributed by atoms with Gasteiger partial charge in [0.25, 0.3) is 5.69 Å². The Balaban J connectivity index is 1.41. The van der Waals surface area contributed by atoms with Crippen LogP contribution in [0.3, 0.4) is 0 Å². The molecular weight excluding hydrogens is 431 g/mol. The lowest BCUT2D eigenvalue weighted by Gasteiger charge is -2.06. The highest BCUT2D eigenvalue weighted by atomic mass is 19.1. The van der Waals surface area contributed by atoms with Crippen LogP contribution < -0.4 is 15.5 Å². The Bertz CT molecular complexity index is 1150. The smallest absolute Gasteiger partial charge is 0.269 e. The van der Waals surface area contributed by atoms with Crippen molar-refractivity contribution >= 4 is 29.4 Å². The fourth-order valence-corrected chi connectivity index (χ4v) is 2.63. The molecule has 0 saturated carbocycles. The Morgan fingerprint density at radius 2 is 1.64 bits per heavy atom. The number of amides is 2. The number of anilines is 1. The number of hydrogen-bond donors (Lipinski definition) is 2. The molecule has 33 heavy (non-hydrogen) atoms. The number of ether oxygens (including phenoxy) is 1. The maximum atomic E-state index is 12.9. The quantitative estimate of drug-likeness (QED) is 0.222. The number of carbonyl (C=O) groups is 2. The molecule has 10 heteroatoms. The van der Waals surface area contributed by atoms with Gasteiger partial charge in [0.05, 0.1) is 11.1 Å². The summed E-state index contributed by atoms with van der Waals surface area (Å²) in [6.07, 6.45) is 0.972. The van der Waals surface area contributed by atoms with E-state index in [1.807, 2.05) is 0 Å². The molecule has 0 spiro atoms. The van der Waals surface area contributed by atoms with Gasteiger partial charge in [-0.1, -0.05) is 0 Å². The van der Waals surface area contributed by atoms with E-state index in [0.717, 1.165) is 5.56 Å². The molecule has 3 aromatic carbocycles. The number of hydrogen-bond acceptors (Lipinski definition) is 6. The third kappa shape index (κ3) is 7.55. The zero-order valence-electron chi connectivity index (χ0n) is 17.2. The molecule has 0 unspecified atom stereocenters. The summed E-state index contributed by atoms with van der Waals surface area (Å²) >= 11 is 0. The van der Waals surface area contributed by atoms with Crippen molar-refractivity contribution in [2.75, 3.05) is 5.32 Å². The molecule has 3 aromatic rings. The summed E-state index contributed by atoms with van der Waals surface area (Å²) in [4.78, 5) is 33.9. The summed E-state index contributed by atoms with van der Waals surface area (Å²) < 4.78 is 18.5. The maximum Gasteiger partial charge on any atom is 0.269 e. The lowest BCUT2D eigenvalue weighted by molar-refractivity contribution is -0.384. The molecule has 0 atom stereocenters. The first-order valence-electron chi connectivity index (χ1n) is 9.72. The molecule has 0 fully saturated rings. The Morgan fingerprint density at radius 1 is 0.970 bits per heavy atom. The molecular formula is C23H19FN4O5. The van der Waals surface area contributed by atoms with Gasteiger partial charge >= 0.3 is 0 Å². The van der Waals surface area contributed by atoms with Crippen molar-refractivity contribution in [1.82, 2.24) is 5.43 Å². The van der Waals surface area contributed by atoms with E-state index in [2.05, 4.69) is 15.8 Å². The molecule has 0 aliphatic heterocycles. The summed E-state index contributed by atoms with van der Waals surface area (Å²) in [7, 11) is 0. The maximum absolute atomic E-state index is 12.9. The van der Waals surface area contributed by atoms with Crippen LogP contribution in [0.5, 0.6) is 5.75 Å². The van der Waals surface area contributed by atoms with E-state index in [4.69, 9.17) is 4.74 Å². The first-order valence-corrected chi connectivity index (χ1v) is 9.72. The van der Waals surface area contributed by atoms with Gasteiger partial charge < -0.3 is 10.1 Å². The molecule has 3 rings (SSSR count). The monoisotopic (exact) mass is 450 g/mol. The number of rotatable bonds is 9. The van der Waals surface area contributed by atoms with Crippen LogP contribution in [0.25, 0.3) is 0 Å². The van der Waals surface area contributed by atoms with E-state index in [-0.39, 0.29) is 12.3 Å². The molecule has 0 bridgehead atoms. The number of non-ortho nitro benzene ring substituents is 1. The number of hydrazone groups is 1. The third-order valence-corrected chi connectivity index (χ3v) is 4.28. The Morgan fingerprint density at radius 3 is 2.27 bits per heavy atom. The van der Waals surface area contributed by atoms with E-state index >= 15 is 0 Å². The largest absolute Gasteiger partial charge is 0.489 e. The zero-order valence-corrected chi connectivity index (χ0v) is 17.2. The Labute approximate surface area is 188 Å². The van der Waals surface area contributed by atoms with Gasteiger partial charge in [0.2, 0.25) is 11.8 Å². The Hall–Kier alpha value is -4.60. The molecule has 0 heterocycles. The van der Waals surface area contributed by atoms with E-state index in [1.54, 1.807) is 36.4 Å². The van der Waals surface area contributed by atoms with Crippen molar-refractivity contribution in [3.63, 3.8) is 0 Å². The van der Waals surface area contributed by atoms with Gasteiger partial charge in [-0.25, -0.2) is 9.82 Å². The second-order valence-electron chi connectivity index (χ2n) is 6.81. The fraction of sp³-hybridized carbons (Fsp3) is 0.0870. The topological polar surface area (TPSA) is 123 Å². The van der Waals surface area contributed by atoms with Gasteiger partial charge in [0.15, 0.2) is 0 Å². The molecule has 0 radical (unpaired) electrons. The summed E-state index contributed by atoms with van der Waals surface area (Å²) in [6, 6.07) is 18.1. The highest BCUT2D eigenvalue weighted by Gasteiger charge is 2.09. The normalized spacial score (nSPS) is 10.6. The van der Waals surface area contributed by atoms with Crippen LogP contribution in [0.1, 0.15) is 17.5 Å². The van der Waals surface area contributed by atoms with Gasteiger partial charge in [-0.3, -0.25) is 19.7 Å². The van der Waals surface area contributed by atoms with Crippen molar-refractivity contribution in [2.24, 2.45) is 5.10 Å². The van der Waals surface area contributed by atoms with Crippen LogP contribution in [0.2, 0.25) is 0 Å². The number of nitrogens with zero attached hydrogens (tertiary/aromatic N) is 2. The van der Waals surface area contributed by atoms with Crippen molar-refractivity contribution < 1.29 is 23.6 Å². The van der Waals surface area contributed by atoms with Crippen molar-refractivity contribution in [3.8, 4) is 5.75 Å². The van der Waals surface area contributed by atoms with Crippen LogP contribution in [-0.4, -0.2) is 23.0 Å². The molecule has 0 saturated heterocycles. The van der Waals surface area contributed by atoms with E-state index in [9.17, 15) is 24.1 Å². The van der Waals surface area contributed by atoms with Gasteiger partial charge in [0, 0.05) is 17.8 Å². The standard InChI is InChI=1S/C23H19FN4O5/c24-18-5-7-19(8-6-18)26-22(29)13-23(30)27-25-14-16-3-11-21(12-4-16)33-15-17-1-9-20(10-2-17)28(31)32/h1-12,14H,13,15H2,(H,26,29)(H,27,30). The van der Waals surface area contributed by atoms with Crippen molar-refractivity contribution in [3.05, 3.63) is 99.9 Å². The average Bonchev–Trinajstić information content (AvgIpc) is 2.80. The lowest BCUT2D eigenvalue weighted by Crippen LogP contribution is -2.24. The molecule has 0 aliphatic carbocycles. The highest BCUT2D eigenvalue weighted by Crippen LogP contribution is 2.16. The second kappa shape index (κ2) is 11.1. The summed E-state index contributed by atoms with van der Waals surface area (Å²) in [5.41, 5.74) is 4.14. The molecule has 168 valence electrons.